The summed E-state index contributed by atoms with van der Waals surface area (Å²) in [7, 11) is 1.23. The van der Waals surface area contributed by atoms with Crippen molar-refractivity contribution < 1.29 is 23.8 Å². The molecule has 0 rings (SSSR count). The molecule has 1 atom stereocenters. The van der Waals surface area contributed by atoms with E-state index < -0.39 is 18.2 Å². The highest BCUT2D eigenvalue weighted by Gasteiger charge is 2.06. The third-order valence-electron chi connectivity index (χ3n) is 1.40. The van der Waals surface area contributed by atoms with Crippen molar-refractivity contribution in [1.29, 1.82) is 0 Å². The van der Waals surface area contributed by atoms with Gasteiger partial charge in [0.25, 0.3) is 0 Å². The van der Waals surface area contributed by atoms with E-state index in [1.54, 1.807) is 6.92 Å². The Morgan fingerprint density at radius 1 is 1.27 bits per heavy atom. The van der Waals surface area contributed by atoms with Gasteiger partial charge in [-0.2, -0.15) is 0 Å². The molecule has 0 aromatic heterocycles. The molecule has 0 aromatic carbocycles. The Morgan fingerprint density at radius 2 is 1.87 bits per heavy atom. The number of hydrogen-bond acceptors (Lipinski definition) is 5. The standard InChI is InChI=1S/C10H16O5/c1-4-7-14-8(2)15-10(12)6-5-9(11)13-3/h5-6,8H,4,7H2,1-3H3/b6-5-. The third kappa shape index (κ3) is 7.69. The lowest BCUT2D eigenvalue weighted by Crippen LogP contribution is -2.17. The zero-order chi connectivity index (χ0) is 11.7. The molecule has 0 fully saturated rings. The summed E-state index contributed by atoms with van der Waals surface area (Å²) in [4.78, 5) is 21.7. The molecule has 86 valence electrons. The van der Waals surface area contributed by atoms with Gasteiger partial charge in [-0.05, 0) is 13.3 Å². The first kappa shape index (κ1) is 13.6. The first-order chi connectivity index (χ1) is 7.10. The molecule has 0 amide bonds. The number of rotatable bonds is 6. The van der Waals surface area contributed by atoms with Crippen molar-refractivity contribution in [1.82, 2.24) is 0 Å². The molecule has 0 aliphatic rings. The zero-order valence-electron chi connectivity index (χ0n) is 9.19. The van der Waals surface area contributed by atoms with Gasteiger partial charge in [-0.3, -0.25) is 0 Å². The Balaban J connectivity index is 3.82. The molecule has 0 aliphatic carbocycles. The monoisotopic (exact) mass is 216 g/mol. The van der Waals surface area contributed by atoms with Gasteiger partial charge in [-0.25, -0.2) is 9.59 Å². The van der Waals surface area contributed by atoms with E-state index in [2.05, 4.69) is 4.74 Å². The Labute approximate surface area is 89.0 Å². The molecule has 5 heteroatoms. The summed E-state index contributed by atoms with van der Waals surface area (Å²) in [6, 6.07) is 0. The fourth-order valence-electron chi connectivity index (χ4n) is 0.725. The molecular formula is C10H16O5. The van der Waals surface area contributed by atoms with Crippen LogP contribution in [0.15, 0.2) is 12.2 Å². The Morgan fingerprint density at radius 3 is 2.40 bits per heavy atom. The van der Waals surface area contributed by atoms with Crippen molar-refractivity contribution in [3.8, 4) is 0 Å². The first-order valence-electron chi connectivity index (χ1n) is 4.68. The van der Waals surface area contributed by atoms with E-state index in [0.717, 1.165) is 18.6 Å². The topological polar surface area (TPSA) is 61.8 Å². The second kappa shape index (κ2) is 7.99. The van der Waals surface area contributed by atoms with E-state index in [1.807, 2.05) is 6.92 Å². The van der Waals surface area contributed by atoms with Crippen molar-refractivity contribution in [2.45, 2.75) is 26.6 Å². The summed E-state index contributed by atoms with van der Waals surface area (Å²) in [5, 5.41) is 0. The number of ether oxygens (including phenoxy) is 3. The van der Waals surface area contributed by atoms with E-state index >= 15 is 0 Å². The van der Waals surface area contributed by atoms with Gasteiger partial charge in [0.1, 0.15) is 0 Å². The maximum Gasteiger partial charge on any atom is 0.333 e. The van der Waals surface area contributed by atoms with Gasteiger partial charge in [0.05, 0.1) is 13.7 Å². The van der Waals surface area contributed by atoms with E-state index in [1.165, 1.54) is 7.11 Å². The number of hydrogen-bond donors (Lipinski definition) is 0. The maximum absolute atomic E-state index is 11.0. The van der Waals surface area contributed by atoms with Crippen molar-refractivity contribution in [2.24, 2.45) is 0 Å². The molecule has 0 radical (unpaired) electrons. The Hall–Kier alpha value is -1.36. The predicted molar refractivity (Wildman–Crippen MR) is 53.0 cm³/mol. The van der Waals surface area contributed by atoms with E-state index in [-0.39, 0.29) is 0 Å². The van der Waals surface area contributed by atoms with E-state index in [0.29, 0.717) is 6.61 Å². The van der Waals surface area contributed by atoms with Crippen LogP contribution in [0.25, 0.3) is 0 Å². The van der Waals surface area contributed by atoms with Crippen LogP contribution in [-0.4, -0.2) is 31.9 Å². The van der Waals surface area contributed by atoms with Gasteiger partial charge in [0, 0.05) is 12.2 Å². The number of esters is 2. The van der Waals surface area contributed by atoms with Gasteiger partial charge in [-0.1, -0.05) is 6.92 Å². The zero-order valence-corrected chi connectivity index (χ0v) is 9.19. The molecule has 5 nitrogen and oxygen atoms in total. The highest BCUT2D eigenvalue weighted by Crippen LogP contribution is 1.96. The lowest BCUT2D eigenvalue weighted by atomic mass is 10.5. The van der Waals surface area contributed by atoms with Crippen LogP contribution >= 0.6 is 0 Å². The fourth-order valence-corrected chi connectivity index (χ4v) is 0.725. The lowest BCUT2D eigenvalue weighted by Gasteiger charge is -2.11. The van der Waals surface area contributed by atoms with Gasteiger partial charge >= 0.3 is 11.9 Å². The summed E-state index contributed by atoms with van der Waals surface area (Å²) in [5.41, 5.74) is 0. The minimum atomic E-state index is -0.635. The van der Waals surface area contributed by atoms with Gasteiger partial charge < -0.3 is 14.2 Å². The highest BCUT2D eigenvalue weighted by molar-refractivity contribution is 5.91. The normalized spacial score (nSPS) is 12.5. The van der Waals surface area contributed by atoms with Crippen LogP contribution in [-0.2, 0) is 23.8 Å². The van der Waals surface area contributed by atoms with Crippen LogP contribution in [0, 0.1) is 0 Å². The van der Waals surface area contributed by atoms with Crippen LogP contribution < -0.4 is 0 Å². The molecule has 0 spiro atoms. The predicted octanol–water partition coefficient (Wildman–Crippen LogP) is 1.03. The molecule has 15 heavy (non-hydrogen) atoms. The molecule has 0 aliphatic heterocycles. The molecule has 0 bridgehead atoms. The molecule has 0 N–H and O–H groups in total. The molecule has 0 aromatic rings. The minimum Gasteiger partial charge on any atom is -0.466 e. The first-order valence-corrected chi connectivity index (χ1v) is 4.68. The molecule has 0 saturated carbocycles. The molecule has 0 heterocycles. The molecule has 1 unspecified atom stereocenters. The van der Waals surface area contributed by atoms with Crippen molar-refractivity contribution in [3.05, 3.63) is 12.2 Å². The van der Waals surface area contributed by atoms with Gasteiger partial charge in [-0.15, -0.1) is 0 Å². The average Bonchev–Trinajstić information content (AvgIpc) is 2.22. The third-order valence-corrected chi connectivity index (χ3v) is 1.40. The Bertz CT molecular complexity index is 234. The van der Waals surface area contributed by atoms with Crippen molar-refractivity contribution >= 4 is 11.9 Å². The van der Waals surface area contributed by atoms with Crippen LogP contribution in [0.2, 0.25) is 0 Å². The summed E-state index contributed by atoms with van der Waals surface area (Å²) in [6.45, 7) is 4.08. The Kier molecular flexibility index (Phi) is 7.27. The van der Waals surface area contributed by atoms with Crippen LogP contribution in [0.5, 0.6) is 0 Å². The molecule has 0 saturated heterocycles. The summed E-state index contributed by atoms with van der Waals surface area (Å²) in [6.07, 6.45) is 2.23. The van der Waals surface area contributed by atoms with Crippen LogP contribution in [0.4, 0.5) is 0 Å². The van der Waals surface area contributed by atoms with Gasteiger partial charge in [0.15, 0.2) is 6.29 Å². The highest BCUT2D eigenvalue weighted by atomic mass is 16.7. The number of methoxy groups -OCH3 is 1. The summed E-state index contributed by atoms with van der Waals surface area (Å²) < 4.78 is 14.2. The van der Waals surface area contributed by atoms with Gasteiger partial charge in [0.2, 0.25) is 0 Å². The van der Waals surface area contributed by atoms with E-state index in [9.17, 15) is 9.59 Å². The second-order valence-electron chi connectivity index (χ2n) is 2.73. The lowest BCUT2D eigenvalue weighted by molar-refractivity contribution is -0.168. The second-order valence-corrected chi connectivity index (χ2v) is 2.73. The quantitative estimate of drug-likeness (QED) is 0.377. The average molecular weight is 216 g/mol. The number of carbonyl (C=O) groups is 2. The minimum absolute atomic E-state index is 0.523. The SMILES string of the molecule is CCCOC(C)OC(=O)/C=C\C(=O)OC. The van der Waals surface area contributed by atoms with Crippen molar-refractivity contribution in [2.75, 3.05) is 13.7 Å². The van der Waals surface area contributed by atoms with Crippen LogP contribution in [0.1, 0.15) is 20.3 Å². The maximum atomic E-state index is 11.0. The van der Waals surface area contributed by atoms with Crippen LogP contribution in [0.3, 0.4) is 0 Å². The smallest absolute Gasteiger partial charge is 0.333 e. The largest absolute Gasteiger partial charge is 0.466 e. The summed E-state index contributed by atoms with van der Waals surface area (Å²) in [5.74, 6) is -1.24. The molecular weight excluding hydrogens is 200 g/mol. The number of carbonyl (C=O) groups excluding carboxylic acids is 2. The summed E-state index contributed by atoms with van der Waals surface area (Å²) >= 11 is 0. The van der Waals surface area contributed by atoms with Crippen molar-refractivity contribution in [3.63, 3.8) is 0 Å². The van der Waals surface area contributed by atoms with E-state index in [4.69, 9.17) is 9.47 Å². The fraction of sp³-hybridized carbons (Fsp3) is 0.600.